The van der Waals surface area contributed by atoms with Gasteiger partial charge in [-0.25, -0.2) is 4.79 Å². The minimum atomic E-state index is -0.210. The molecule has 0 radical (unpaired) electrons. The highest BCUT2D eigenvalue weighted by molar-refractivity contribution is 5.99. The third-order valence-electron chi connectivity index (χ3n) is 6.43. The average Bonchev–Trinajstić information content (AvgIpc) is 3.16. The van der Waals surface area contributed by atoms with Crippen molar-refractivity contribution in [2.75, 3.05) is 0 Å². The van der Waals surface area contributed by atoms with Crippen molar-refractivity contribution in [1.29, 1.82) is 0 Å². The molecule has 0 unspecified atom stereocenters. The highest BCUT2D eigenvalue weighted by Gasteiger charge is 2.35. The second-order valence-corrected chi connectivity index (χ2v) is 8.23. The van der Waals surface area contributed by atoms with E-state index < -0.39 is 0 Å². The number of amides is 1. The summed E-state index contributed by atoms with van der Waals surface area (Å²) < 4.78 is 2.86. The quantitative estimate of drug-likeness (QED) is 0.708. The molecular formula is C24H25N3O3. The number of benzene rings is 2. The lowest BCUT2D eigenvalue weighted by atomic mass is 9.92. The molecule has 1 saturated carbocycles. The molecular weight excluding hydrogens is 378 g/mol. The zero-order valence-corrected chi connectivity index (χ0v) is 17.0. The molecule has 3 aromatic rings. The summed E-state index contributed by atoms with van der Waals surface area (Å²) in [6, 6.07) is 14.6. The van der Waals surface area contributed by atoms with Crippen molar-refractivity contribution in [2.45, 2.75) is 51.9 Å². The zero-order valence-electron chi connectivity index (χ0n) is 17.0. The number of fused-ring (bicyclic) bond motifs is 1. The first-order valence-corrected chi connectivity index (χ1v) is 10.6. The maximum Gasteiger partial charge on any atom is 0.331 e. The Balaban J connectivity index is 1.35. The second-order valence-electron chi connectivity index (χ2n) is 8.23. The third kappa shape index (κ3) is 3.03. The molecule has 1 fully saturated rings. The van der Waals surface area contributed by atoms with Crippen LogP contribution in [0.15, 0.2) is 53.5 Å². The van der Waals surface area contributed by atoms with Crippen LogP contribution in [0.4, 0.5) is 0 Å². The summed E-state index contributed by atoms with van der Waals surface area (Å²) in [5.74, 6) is 0.159. The summed E-state index contributed by atoms with van der Waals surface area (Å²) in [7, 11) is 0. The predicted octanol–water partition coefficient (Wildman–Crippen LogP) is 3.60. The summed E-state index contributed by atoms with van der Waals surface area (Å²) >= 11 is 0. The number of aromatic hydroxyl groups is 1. The third-order valence-corrected chi connectivity index (χ3v) is 6.43. The predicted molar refractivity (Wildman–Crippen MR) is 115 cm³/mol. The molecule has 6 heteroatoms. The fourth-order valence-electron chi connectivity index (χ4n) is 4.44. The molecule has 0 spiro atoms. The van der Waals surface area contributed by atoms with E-state index in [0.29, 0.717) is 25.7 Å². The lowest BCUT2D eigenvalue weighted by molar-refractivity contribution is 0.0606. The van der Waals surface area contributed by atoms with Crippen LogP contribution in [0.3, 0.4) is 0 Å². The van der Waals surface area contributed by atoms with Crippen LogP contribution < -0.4 is 5.69 Å². The molecule has 0 bridgehead atoms. The van der Waals surface area contributed by atoms with Gasteiger partial charge in [0.1, 0.15) is 0 Å². The molecule has 30 heavy (non-hydrogen) atoms. The number of aromatic nitrogens is 2. The molecule has 2 aliphatic rings. The highest BCUT2D eigenvalue weighted by Crippen LogP contribution is 2.34. The second kappa shape index (κ2) is 7.20. The molecule has 1 aromatic heterocycles. The largest absolute Gasteiger partial charge is 0.493 e. The minimum Gasteiger partial charge on any atom is -0.493 e. The molecule has 1 aliphatic heterocycles. The molecule has 2 aromatic carbocycles. The van der Waals surface area contributed by atoms with Gasteiger partial charge in [0.2, 0.25) is 5.88 Å². The molecule has 6 nitrogen and oxygen atoms in total. The van der Waals surface area contributed by atoms with Crippen molar-refractivity contribution in [2.24, 2.45) is 0 Å². The van der Waals surface area contributed by atoms with Crippen LogP contribution in [0.1, 0.15) is 47.7 Å². The molecule has 5 rings (SSSR count). The minimum absolute atomic E-state index is 0.0113. The summed E-state index contributed by atoms with van der Waals surface area (Å²) in [5, 5.41) is 9.87. The Morgan fingerprint density at radius 3 is 2.40 bits per heavy atom. The van der Waals surface area contributed by atoms with Gasteiger partial charge in [-0.05, 0) is 60.6 Å². The molecule has 154 valence electrons. The molecule has 1 amide bonds. The lowest BCUT2D eigenvalue weighted by Crippen LogP contribution is -2.40. The van der Waals surface area contributed by atoms with E-state index in [0.717, 1.165) is 40.7 Å². The van der Waals surface area contributed by atoms with Crippen LogP contribution in [-0.4, -0.2) is 31.1 Å². The van der Waals surface area contributed by atoms with Crippen molar-refractivity contribution < 1.29 is 9.90 Å². The van der Waals surface area contributed by atoms with Gasteiger partial charge in [0.25, 0.3) is 5.91 Å². The van der Waals surface area contributed by atoms with Gasteiger partial charge in [-0.1, -0.05) is 30.3 Å². The number of hydrogen-bond donors (Lipinski definition) is 1. The first-order chi connectivity index (χ1) is 14.5. The van der Waals surface area contributed by atoms with Crippen LogP contribution in [0.5, 0.6) is 5.88 Å². The number of imidazole rings is 1. The molecule has 0 atom stereocenters. The Labute approximate surface area is 175 Å². The summed E-state index contributed by atoms with van der Waals surface area (Å²) in [4.78, 5) is 27.0. The van der Waals surface area contributed by atoms with Crippen molar-refractivity contribution in [3.63, 3.8) is 0 Å². The van der Waals surface area contributed by atoms with E-state index in [1.165, 1.54) is 21.8 Å². The maximum atomic E-state index is 12.7. The van der Waals surface area contributed by atoms with Gasteiger partial charge >= 0.3 is 5.69 Å². The van der Waals surface area contributed by atoms with Crippen molar-refractivity contribution in [3.8, 4) is 17.0 Å². The highest BCUT2D eigenvalue weighted by atomic mass is 16.3. The van der Waals surface area contributed by atoms with Gasteiger partial charge in [-0.2, -0.15) is 0 Å². The van der Waals surface area contributed by atoms with Crippen LogP contribution in [0.2, 0.25) is 0 Å². The SMILES string of the molecule is CCn1c(O)cn(Cc2ccc(-c3ccc4c(c3)CN(C3CCC3)C4=O)cc2)c1=O. The summed E-state index contributed by atoms with van der Waals surface area (Å²) in [6.07, 6.45) is 4.94. The van der Waals surface area contributed by atoms with E-state index in [1.54, 1.807) is 0 Å². The van der Waals surface area contributed by atoms with Gasteiger partial charge in [0.15, 0.2) is 0 Å². The number of hydrogen-bond acceptors (Lipinski definition) is 3. The lowest BCUT2D eigenvalue weighted by Gasteiger charge is -2.34. The van der Waals surface area contributed by atoms with Crippen LogP contribution in [-0.2, 0) is 19.6 Å². The average molecular weight is 403 g/mol. The fraction of sp³-hybridized carbons (Fsp3) is 0.333. The molecule has 1 aliphatic carbocycles. The van der Waals surface area contributed by atoms with E-state index in [2.05, 4.69) is 6.07 Å². The van der Waals surface area contributed by atoms with Crippen molar-refractivity contribution in [1.82, 2.24) is 14.0 Å². The first-order valence-electron chi connectivity index (χ1n) is 10.6. The van der Waals surface area contributed by atoms with Crippen LogP contribution in [0, 0.1) is 0 Å². The number of rotatable bonds is 5. The van der Waals surface area contributed by atoms with Crippen LogP contribution in [0.25, 0.3) is 11.1 Å². The number of carbonyl (C=O) groups excluding carboxylic acids is 1. The van der Waals surface area contributed by atoms with E-state index in [-0.39, 0.29) is 17.5 Å². The fourth-order valence-corrected chi connectivity index (χ4v) is 4.44. The van der Waals surface area contributed by atoms with Crippen molar-refractivity contribution in [3.05, 3.63) is 75.8 Å². The van der Waals surface area contributed by atoms with E-state index in [9.17, 15) is 14.7 Å². The van der Waals surface area contributed by atoms with Gasteiger partial charge in [0.05, 0.1) is 12.7 Å². The van der Waals surface area contributed by atoms with Crippen LogP contribution >= 0.6 is 0 Å². The Morgan fingerprint density at radius 1 is 1.03 bits per heavy atom. The van der Waals surface area contributed by atoms with Gasteiger partial charge in [-0.3, -0.25) is 13.9 Å². The topological polar surface area (TPSA) is 67.5 Å². The molecule has 0 saturated heterocycles. The summed E-state index contributed by atoms with van der Waals surface area (Å²) in [6.45, 7) is 3.39. The Bertz CT molecular complexity index is 1170. The molecule has 2 heterocycles. The Hall–Kier alpha value is -3.28. The number of nitrogens with zero attached hydrogens (tertiary/aromatic N) is 3. The standard InChI is InChI=1S/C24H25N3O3/c1-2-26-22(28)15-25(24(26)30)13-16-6-8-17(9-7-16)18-10-11-21-19(12-18)14-27(23(21)29)20-4-3-5-20/h6-12,15,20,28H,2-5,13-14H2,1H3. The first kappa shape index (κ1) is 18.7. The van der Waals surface area contributed by atoms with Gasteiger partial charge in [-0.15, -0.1) is 0 Å². The number of carbonyl (C=O) groups is 1. The Morgan fingerprint density at radius 2 is 1.77 bits per heavy atom. The monoisotopic (exact) mass is 403 g/mol. The normalized spacial score (nSPS) is 16.0. The van der Waals surface area contributed by atoms with E-state index in [1.807, 2.05) is 48.2 Å². The summed E-state index contributed by atoms with van der Waals surface area (Å²) in [5.41, 5.74) is 4.89. The van der Waals surface area contributed by atoms with Crippen molar-refractivity contribution >= 4 is 5.91 Å². The molecule has 1 N–H and O–H groups in total. The zero-order chi connectivity index (χ0) is 20.8. The maximum absolute atomic E-state index is 12.7. The smallest absolute Gasteiger partial charge is 0.331 e. The van der Waals surface area contributed by atoms with Gasteiger partial charge in [0, 0.05) is 24.7 Å². The Kier molecular flexibility index (Phi) is 4.50. The van der Waals surface area contributed by atoms with E-state index >= 15 is 0 Å². The van der Waals surface area contributed by atoms with E-state index in [4.69, 9.17) is 0 Å². The van der Waals surface area contributed by atoms with Gasteiger partial charge < -0.3 is 10.0 Å².